The van der Waals surface area contributed by atoms with Crippen LogP contribution >= 0.6 is 0 Å². The van der Waals surface area contributed by atoms with Crippen molar-refractivity contribution < 1.29 is 27.6 Å². The molecule has 0 radical (unpaired) electrons. The molecule has 0 saturated carbocycles. The van der Waals surface area contributed by atoms with E-state index in [4.69, 9.17) is 4.74 Å². The van der Waals surface area contributed by atoms with Gasteiger partial charge in [0.2, 0.25) is 5.91 Å². The van der Waals surface area contributed by atoms with Crippen LogP contribution in [0.25, 0.3) is 0 Å². The molecule has 10 heteroatoms. The quantitative estimate of drug-likeness (QED) is 0.559. The number of halogens is 3. The van der Waals surface area contributed by atoms with Crippen molar-refractivity contribution in [3.63, 3.8) is 0 Å². The molecular formula is C17H16F3N3O4. The van der Waals surface area contributed by atoms with Crippen molar-refractivity contribution in [2.24, 2.45) is 0 Å². The molecule has 2 aromatic carbocycles. The first-order valence-corrected chi connectivity index (χ1v) is 7.73. The largest absolute Gasteiger partial charge is 0.482 e. The zero-order valence-electron chi connectivity index (χ0n) is 14.2. The number of nitro groups is 1. The summed E-state index contributed by atoms with van der Waals surface area (Å²) >= 11 is 0. The molecule has 0 fully saturated rings. The second-order valence-electron chi connectivity index (χ2n) is 5.56. The number of nitrogens with one attached hydrogen (secondary N) is 2. The number of carbonyl (C=O) groups excluding carboxylic acids is 1. The van der Waals surface area contributed by atoms with E-state index in [1.807, 2.05) is 0 Å². The number of rotatable bonds is 7. The number of hydrogen-bond acceptors (Lipinski definition) is 5. The summed E-state index contributed by atoms with van der Waals surface area (Å²) in [6.45, 7) is -0.151. The van der Waals surface area contributed by atoms with Gasteiger partial charge >= 0.3 is 6.18 Å². The van der Waals surface area contributed by atoms with E-state index in [-0.39, 0.29) is 29.4 Å². The highest BCUT2D eigenvalue weighted by Gasteiger charge is 2.28. The Labute approximate surface area is 152 Å². The summed E-state index contributed by atoms with van der Waals surface area (Å²) in [5.41, 5.74) is 0.769. The Kier molecular flexibility index (Phi) is 6.22. The van der Waals surface area contributed by atoms with Crippen LogP contribution in [-0.4, -0.2) is 30.2 Å². The van der Waals surface area contributed by atoms with Gasteiger partial charge in [-0.1, -0.05) is 18.2 Å². The van der Waals surface area contributed by atoms with Crippen molar-refractivity contribution in [1.29, 1.82) is 0 Å². The molecule has 0 bridgehead atoms. The van der Waals surface area contributed by atoms with Crippen molar-refractivity contribution >= 4 is 23.0 Å². The summed E-state index contributed by atoms with van der Waals surface area (Å²) in [5.74, 6) is -0.577. The summed E-state index contributed by atoms with van der Waals surface area (Å²) in [6.07, 6.45) is -4.48. The molecule has 0 atom stereocenters. The lowest BCUT2D eigenvalue weighted by atomic mass is 10.2. The van der Waals surface area contributed by atoms with Gasteiger partial charge in [-0.05, 0) is 25.1 Å². The molecule has 2 N–H and O–H groups in total. The lowest BCUT2D eigenvalue weighted by Crippen LogP contribution is -2.23. The van der Waals surface area contributed by atoms with Crippen molar-refractivity contribution in [1.82, 2.24) is 0 Å². The average molecular weight is 383 g/mol. The molecule has 144 valence electrons. The Morgan fingerprint density at radius 3 is 2.59 bits per heavy atom. The van der Waals surface area contributed by atoms with Gasteiger partial charge in [0.1, 0.15) is 5.75 Å². The third-order valence-electron chi connectivity index (χ3n) is 3.41. The minimum Gasteiger partial charge on any atom is -0.482 e. The summed E-state index contributed by atoms with van der Waals surface area (Å²) < 4.78 is 41.6. The maximum atomic E-state index is 12.3. The number of nitrogens with zero attached hydrogens (tertiary/aromatic N) is 1. The van der Waals surface area contributed by atoms with Gasteiger partial charge in [0.25, 0.3) is 5.69 Å². The first kappa shape index (κ1) is 20.0. The fourth-order valence-corrected chi connectivity index (χ4v) is 2.16. The number of amides is 1. The molecule has 0 aromatic heterocycles. The van der Waals surface area contributed by atoms with Crippen LogP contribution in [0.15, 0.2) is 42.5 Å². The Morgan fingerprint density at radius 1 is 1.22 bits per heavy atom. The first-order valence-electron chi connectivity index (χ1n) is 7.73. The van der Waals surface area contributed by atoms with Crippen LogP contribution in [-0.2, 0) is 4.79 Å². The fourth-order valence-electron chi connectivity index (χ4n) is 2.16. The van der Waals surface area contributed by atoms with Gasteiger partial charge in [-0.25, -0.2) is 0 Å². The van der Waals surface area contributed by atoms with Crippen molar-refractivity contribution in [2.45, 2.75) is 13.1 Å². The fraction of sp³-hybridized carbons (Fsp3) is 0.235. The summed E-state index contributed by atoms with van der Waals surface area (Å²) in [6, 6.07) is 10.1. The maximum Gasteiger partial charge on any atom is 0.422 e. The molecule has 0 heterocycles. The van der Waals surface area contributed by atoms with Crippen LogP contribution in [0.1, 0.15) is 5.56 Å². The molecule has 0 unspecified atom stereocenters. The maximum absolute atomic E-state index is 12.3. The Bertz CT molecular complexity index is 840. The number of para-hydroxylation sites is 2. The van der Waals surface area contributed by atoms with E-state index >= 15 is 0 Å². The number of aryl methyl sites for hydroxylation is 1. The first-order chi connectivity index (χ1) is 12.7. The topological polar surface area (TPSA) is 93.5 Å². The average Bonchev–Trinajstić information content (AvgIpc) is 2.59. The van der Waals surface area contributed by atoms with Gasteiger partial charge in [-0.15, -0.1) is 0 Å². The SMILES string of the molecule is Cc1ccc(NC(=O)CNc2ccccc2OCC(F)(F)F)cc1[N+](=O)[O-]. The monoisotopic (exact) mass is 383 g/mol. The number of alkyl halides is 3. The van der Waals surface area contributed by atoms with E-state index in [1.165, 1.54) is 36.4 Å². The summed E-state index contributed by atoms with van der Waals surface area (Å²) in [7, 11) is 0. The molecule has 1 amide bonds. The van der Waals surface area contributed by atoms with Crippen LogP contribution in [0.5, 0.6) is 5.75 Å². The van der Waals surface area contributed by atoms with Gasteiger partial charge in [-0.3, -0.25) is 14.9 Å². The standard InChI is InChI=1S/C17H16F3N3O4/c1-11-6-7-12(8-14(11)23(25)26)22-16(24)9-21-13-4-2-3-5-15(13)27-10-17(18,19)20/h2-8,21H,9-10H2,1H3,(H,22,24). The number of benzene rings is 2. The van der Waals surface area contributed by atoms with Crippen molar-refractivity contribution in [2.75, 3.05) is 23.8 Å². The van der Waals surface area contributed by atoms with Gasteiger partial charge in [0, 0.05) is 17.3 Å². The lowest BCUT2D eigenvalue weighted by Gasteiger charge is -2.14. The molecular weight excluding hydrogens is 367 g/mol. The van der Waals surface area contributed by atoms with Gasteiger partial charge in [0.05, 0.1) is 17.2 Å². The highest BCUT2D eigenvalue weighted by Crippen LogP contribution is 2.26. The van der Waals surface area contributed by atoms with Crippen LogP contribution in [0.4, 0.5) is 30.2 Å². The second-order valence-corrected chi connectivity index (χ2v) is 5.56. The molecule has 7 nitrogen and oxygen atoms in total. The third-order valence-corrected chi connectivity index (χ3v) is 3.41. The predicted molar refractivity (Wildman–Crippen MR) is 92.9 cm³/mol. The lowest BCUT2D eigenvalue weighted by molar-refractivity contribution is -0.385. The van der Waals surface area contributed by atoms with E-state index in [0.29, 0.717) is 5.56 Å². The van der Waals surface area contributed by atoms with Crippen molar-refractivity contribution in [3.8, 4) is 5.75 Å². The minimum absolute atomic E-state index is 0.0476. The molecule has 0 aliphatic heterocycles. The van der Waals surface area contributed by atoms with Crippen molar-refractivity contribution in [3.05, 3.63) is 58.1 Å². The molecule has 0 aliphatic rings. The Morgan fingerprint density at radius 2 is 1.93 bits per heavy atom. The predicted octanol–water partition coefficient (Wildman–Crippen LogP) is 3.89. The molecule has 2 rings (SSSR count). The smallest absolute Gasteiger partial charge is 0.422 e. The van der Waals surface area contributed by atoms with Gasteiger partial charge < -0.3 is 15.4 Å². The number of carbonyl (C=O) groups is 1. The number of anilines is 2. The summed E-state index contributed by atoms with van der Waals surface area (Å²) in [5, 5.41) is 16.1. The minimum atomic E-state index is -4.48. The third kappa shape index (κ3) is 6.17. The zero-order valence-corrected chi connectivity index (χ0v) is 14.2. The normalized spacial score (nSPS) is 11.0. The van der Waals surface area contributed by atoms with Crippen LogP contribution in [0.2, 0.25) is 0 Å². The molecule has 27 heavy (non-hydrogen) atoms. The van der Waals surface area contributed by atoms with Gasteiger partial charge in [-0.2, -0.15) is 13.2 Å². The molecule has 0 aliphatic carbocycles. The molecule has 2 aromatic rings. The number of nitro benzene ring substituents is 1. The van der Waals surface area contributed by atoms with E-state index in [9.17, 15) is 28.1 Å². The second kappa shape index (κ2) is 8.39. The Balaban J connectivity index is 1.98. The van der Waals surface area contributed by atoms with Gasteiger partial charge in [0.15, 0.2) is 6.61 Å². The number of hydrogen-bond donors (Lipinski definition) is 2. The molecule has 0 spiro atoms. The van der Waals surface area contributed by atoms with E-state index in [0.717, 1.165) is 0 Å². The number of ether oxygens (including phenoxy) is 1. The van der Waals surface area contributed by atoms with E-state index in [1.54, 1.807) is 13.0 Å². The van der Waals surface area contributed by atoms with E-state index in [2.05, 4.69) is 10.6 Å². The molecule has 0 saturated heterocycles. The Hall–Kier alpha value is -3.30. The summed E-state index contributed by atoms with van der Waals surface area (Å²) in [4.78, 5) is 22.4. The highest BCUT2D eigenvalue weighted by atomic mass is 19.4. The van der Waals surface area contributed by atoms with Crippen LogP contribution in [0.3, 0.4) is 0 Å². The van der Waals surface area contributed by atoms with E-state index < -0.39 is 23.6 Å². The highest BCUT2D eigenvalue weighted by molar-refractivity contribution is 5.94. The van der Waals surface area contributed by atoms with Crippen LogP contribution < -0.4 is 15.4 Å². The zero-order chi connectivity index (χ0) is 20.0. The van der Waals surface area contributed by atoms with Crippen LogP contribution in [0, 0.1) is 17.0 Å².